The van der Waals surface area contributed by atoms with Crippen LogP contribution in [0.4, 0.5) is 30.6 Å². The van der Waals surface area contributed by atoms with Crippen LogP contribution < -0.4 is 10.4 Å². The van der Waals surface area contributed by atoms with Crippen molar-refractivity contribution < 1.29 is 22.8 Å². The van der Waals surface area contributed by atoms with Gasteiger partial charge >= 0.3 is 6.18 Å². The first kappa shape index (κ1) is 20.8. The molecule has 0 amide bonds. The summed E-state index contributed by atoms with van der Waals surface area (Å²) in [5.74, 6) is -0.449. The van der Waals surface area contributed by atoms with Crippen LogP contribution in [0.2, 0.25) is 0 Å². The highest BCUT2D eigenvalue weighted by Crippen LogP contribution is 2.41. The minimum atomic E-state index is -4.65. The molecule has 160 valence electrons. The number of halogens is 3. The fraction of sp³-hybridized carbons (Fsp3) is 0.227. The lowest BCUT2D eigenvalue weighted by Crippen LogP contribution is -2.26. The molecule has 1 N–H and O–H groups in total. The highest BCUT2D eigenvalue weighted by Gasteiger charge is 2.40. The molecule has 1 atom stereocenters. The molecule has 1 fully saturated rings. The summed E-state index contributed by atoms with van der Waals surface area (Å²) >= 11 is 0. The maximum atomic E-state index is 13.7. The summed E-state index contributed by atoms with van der Waals surface area (Å²) in [7, 11) is 0. The van der Waals surface area contributed by atoms with Gasteiger partial charge in [0.25, 0.3) is 0 Å². The molecule has 3 aromatic rings. The number of hydrogen-bond donors (Lipinski definition) is 1. The lowest BCUT2D eigenvalue weighted by Gasteiger charge is -2.26. The zero-order chi connectivity index (χ0) is 22.0. The van der Waals surface area contributed by atoms with E-state index in [1.807, 2.05) is 30.3 Å². The molecule has 4 rings (SSSR count). The van der Waals surface area contributed by atoms with Gasteiger partial charge in [-0.15, -0.1) is 0 Å². The van der Waals surface area contributed by atoms with Gasteiger partial charge in [-0.25, -0.2) is 10.0 Å². The molecule has 1 aliphatic rings. The minimum Gasteiger partial charge on any atom is -0.324 e. The van der Waals surface area contributed by atoms with Crippen molar-refractivity contribution in [1.29, 1.82) is 0 Å². The van der Waals surface area contributed by atoms with Crippen molar-refractivity contribution >= 4 is 23.2 Å². The minimum absolute atomic E-state index is 0.0131. The molecule has 0 spiro atoms. The van der Waals surface area contributed by atoms with Crippen molar-refractivity contribution in [1.82, 2.24) is 9.97 Å². The third-order valence-electron chi connectivity index (χ3n) is 4.92. The lowest BCUT2D eigenvalue weighted by atomic mass is 10.0. The van der Waals surface area contributed by atoms with Crippen molar-refractivity contribution in [2.45, 2.75) is 25.6 Å². The van der Waals surface area contributed by atoms with Crippen LogP contribution in [0, 0.1) is 0 Å². The van der Waals surface area contributed by atoms with Gasteiger partial charge in [-0.1, -0.05) is 30.3 Å². The first-order chi connectivity index (χ1) is 14.8. The molecule has 1 aliphatic heterocycles. The van der Waals surface area contributed by atoms with Crippen LogP contribution >= 0.6 is 0 Å². The molecule has 0 aliphatic carbocycles. The molecule has 1 saturated heterocycles. The number of rotatable bonds is 5. The summed E-state index contributed by atoms with van der Waals surface area (Å²) < 4.78 is 41.1. The van der Waals surface area contributed by atoms with E-state index in [0.29, 0.717) is 17.7 Å². The Morgan fingerprint density at radius 2 is 1.84 bits per heavy atom. The van der Waals surface area contributed by atoms with Crippen LogP contribution in [0.3, 0.4) is 0 Å². The van der Waals surface area contributed by atoms with E-state index in [1.165, 1.54) is 12.0 Å². The average molecular weight is 428 g/mol. The number of hydroxylamine groups is 1. The van der Waals surface area contributed by atoms with Gasteiger partial charge in [-0.2, -0.15) is 18.2 Å². The van der Waals surface area contributed by atoms with Crippen molar-refractivity contribution in [3.8, 4) is 0 Å². The molecule has 0 bridgehead atoms. The predicted molar refractivity (Wildman–Crippen MR) is 109 cm³/mol. The number of carbonyl (C=O) groups is 1. The van der Waals surface area contributed by atoms with Crippen LogP contribution in [0.1, 0.15) is 40.9 Å². The molecule has 0 unspecified atom stereocenters. The number of Topliss-reactive ketones (excluding diaryl/α,β-unsaturated/α-hetero) is 1. The smallest absolute Gasteiger partial charge is 0.324 e. The Labute approximate surface area is 176 Å². The summed E-state index contributed by atoms with van der Waals surface area (Å²) in [6, 6.07) is 15.3. The summed E-state index contributed by atoms with van der Waals surface area (Å²) in [5.41, 5.74) is 0.919. The van der Waals surface area contributed by atoms with Crippen molar-refractivity contribution in [3.63, 3.8) is 0 Å². The van der Waals surface area contributed by atoms with Gasteiger partial charge in [0.05, 0.1) is 12.6 Å². The van der Waals surface area contributed by atoms with Crippen molar-refractivity contribution in [2.24, 2.45) is 0 Å². The van der Waals surface area contributed by atoms with E-state index in [-0.39, 0.29) is 24.2 Å². The summed E-state index contributed by atoms with van der Waals surface area (Å²) in [4.78, 5) is 25.0. The van der Waals surface area contributed by atoms with E-state index < -0.39 is 17.8 Å². The third kappa shape index (κ3) is 4.51. The Bertz CT molecular complexity index is 1070. The summed E-state index contributed by atoms with van der Waals surface area (Å²) in [6.45, 7) is 1.73. The topological polar surface area (TPSA) is 67.4 Å². The number of alkyl halides is 3. The van der Waals surface area contributed by atoms with Crippen molar-refractivity contribution in [3.05, 3.63) is 77.5 Å². The zero-order valence-electron chi connectivity index (χ0n) is 16.6. The monoisotopic (exact) mass is 428 g/mol. The molecule has 1 aromatic heterocycles. The van der Waals surface area contributed by atoms with Gasteiger partial charge in [0.15, 0.2) is 11.6 Å². The van der Waals surface area contributed by atoms with Gasteiger partial charge in [0.1, 0.15) is 5.56 Å². The molecular weight excluding hydrogens is 409 g/mol. The second-order valence-corrected chi connectivity index (χ2v) is 7.06. The first-order valence-electron chi connectivity index (χ1n) is 9.62. The third-order valence-corrected chi connectivity index (χ3v) is 4.92. The highest BCUT2D eigenvalue weighted by atomic mass is 19.4. The Morgan fingerprint density at radius 3 is 2.48 bits per heavy atom. The first-order valence-corrected chi connectivity index (χ1v) is 9.62. The van der Waals surface area contributed by atoms with Gasteiger partial charge < -0.3 is 5.32 Å². The number of nitrogens with one attached hydrogen (secondary N) is 1. The van der Waals surface area contributed by atoms with Crippen molar-refractivity contribution in [2.75, 3.05) is 17.0 Å². The molecular formula is C22H19F3N4O2. The molecule has 31 heavy (non-hydrogen) atoms. The zero-order valence-corrected chi connectivity index (χ0v) is 16.6. The van der Waals surface area contributed by atoms with Gasteiger partial charge in [-0.05, 0) is 36.8 Å². The number of aromatic nitrogens is 2. The normalized spacial score (nSPS) is 16.4. The van der Waals surface area contributed by atoms with Crippen LogP contribution in [0.25, 0.3) is 0 Å². The number of carbonyl (C=O) groups excluding carboxylic acids is 1. The van der Waals surface area contributed by atoms with Gasteiger partial charge in [0, 0.05) is 23.9 Å². The molecule has 9 heteroatoms. The Kier molecular flexibility index (Phi) is 5.60. The van der Waals surface area contributed by atoms with Gasteiger partial charge in [-0.3, -0.25) is 9.63 Å². The molecule has 6 nitrogen and oxygen atoms in total. The summed E-state index contributed by atoms with van der Waals surface area (Å²) in [5, 5.41) is 4.10. The lowest BCUT2D eigenvalue weighted by molar-refractivity contribution is -0.138. The fourth-order valence-electron chi connectivity index (χ4n) is 3.37. The fourth-order valence-corrected chi connectivity index (χ4v) is 3.37. The second kappa shape index (κ2) is 8.35. The molecule has 2 aromatic carbocycles. The maximum absolute atomic E-state index is 13.7. The molecule has 2 heterocycles. The van der Waals surface area contributed by atoms with Gasteiger partial charge in [0.2, 0.25) is 5.95 Å². The van der Waals surface area contributed by atoms with Crippen LogP contribution in [0.5, 0.6) is 0 Å². The molecule has 0 radical (unpaired) electrons. The van der Waals surface area contributed by atoms with E-state index in [9.17, 15) is 18.0 Å². The highest BCUT2D eigenvalue weighted by molar-refractivity contribution is 5.94. The van der Waals surface area contributed by atoms with E-state index in [2.05, 4.69) is 15.3 Å². The van der Waals surface area contributed by atoms with E-state index in [0.717, 1.165) is 11.8 Å². The summed E-state index contributed by atoms with van der Waals surface area (Å²) in [6.07, 6.45) is -3.37. The maximum Gasteiger partial charge on any atom is 0.421 e. The number of hydrogen-bond acceptors (Lipinski definition) is 6. The number of ketones is 1. The van der Waals surface area contributed by atoms with E-state index in [1.54, 1.807) is 24.3 Å². The SMILES string of the molecule is CC(=O)c1ccc(Nc2ncc(C(F)(F)F)c(N3OCC[C@H]3c3ccccc3)n2)cc1. The predicted octanol–water partition coefficient (Wildman–Crippen LogP) is 5.32. The average Bonchev–Trinajstić information content (AvgIpc) is 3.24. The van der Waals surface area contributed by atoms with Crippen LogP contribution in [-0.4, -0.2) is 22.4 Å². The number of nitrogens with zero attached hydrogens (tertiary/aromatic N) is 3. The second-order valence-electron chi connectivity index (χ2n) is 7.06. The quantitative estimate of drug-likeness (QED) is 0.555. The molecule has 0 saturated carbocycles. The Hall–Kier alpha value is -3.46. The largest absolute Gasteiger partial charge is 0.421 e. The Morgan fingerprint density at radius 1 is 1.13 bits per heavy atom. The van der Waals surface area contributed by atoms with Crippen LogP contribution in [-0.2, 0) is 11.0 Å². The Balaban J connectivity index is 1.69. The number of benzene rings is 2. The van der Waals surface area contributed by atoms with E-state index in [4.69, 9.17) is 4.84 Å². The van der Waals surface area contributed by atoms with E-state index >= 15 is 0 Å². The number of anilines is 3. The standard InChI is InChI=1S/C22H19F3N4O2/c1-14(30)15-7-9-17(10-8-15)27-21-26-13-18(22(23,24)25)20(28-21)29-19(11-12-31-29)16-5-3-2-4-6-16/h2-10,13,19H,11-12H2,1H3,(H,26,27,28)/t19-/m0/s1. The van der Waals surface area contributed by atoms with Crippen LogP contribution in [0.15, 0.2) is 60.8 Å².